The minimum atomic E-state index is -3.00. The number of benzene rings is 2. The van der Waals surface area contributed by atoms with Gasteiger partial charge in [0.25, 0.3) is 5.56 Å². The van der Waals surface area contributed by atoms with Crippen molar-refractivity contribution in [3.63, 3.8) is 0 Å². The first-order valence-corrected chi connectivity index (χ1v) is 14.0. The molecule has 10 heteroatoms. The van der Waals surface area contributed by atoms with Gasteiger partial charge in [0, 0.05) is 23.6 Å². The largest absolute Gasteiger partial charge is 0.369 e. The Morgan fingerprint density at radius 1 is 0.973 bits per heavy atom. The number of rotatable bonds is 3. The van der Waals surface area contributed by atoms with Gasteiger partial charge < -0.3 is 5.32 Å². The summed E-state index contributed by atoms with van der Waals surface area (Å²) in [7, 11) is -3.00. The van der Waals surface area contributed by atoms with Crippen molar-refractivity contribution in [2.45, 2.75) is 26.3 Å². The number of anilines is 1. The molecule has 1 fully saturated rings. The van der Waals surface area contributed by atoms with Crippen LogP contribution in [0, 0.1) is 18.2 Å². The normalized spacial score (nSPS) is 17.8. The smallest absolute Gasteiger partial charge is 0.271 e. The molecule has 2 aliphatic heterocycles. The van der Waals surface area contributed by atoms with E-state index in [9.17, 15) is 17.6 Å². The van der Waals surface area contributed by atoms with Crippen LogP contribution in [0.3, 0.4) is 0 Å². The van der Waals surface area contributed by atoms with Gasteiger partial charge in [-0.3, -0.25) is 4.79 Å². The number of hydrogen-bond acceptors (Lipinski definition) is 6. The van der Waals surface area contributed by atoms with Crippen molar-refractivity contribution in [3.05, 3.63) is 82.4 Å². The number of nitrogens with one attached hydrogen (secondary N) is 1. The number of nitrogens with zero attached hydrogens (tertiary/aromatic N) is 4. The molecular weight excluding hydrogens is 493 g/mol. The Kier molecular flexibility index (Phi) is 5.52. The van der Waals surface area contributed by atoms with Crippen LogP contribution in [0.25, 0.3) is 28.2 Å². The second-order valence-electron chi connectivity index (χ2n) is 10.00. The fourth-order valence-electron chi connectivity index (χ4n) is 5.28. The summed E-state index contributed by atoms with van der Waals surface area (Å²) in [6, 6.07) is 16.8. The summed E-state index contributed by atoms with van der Waals surface area (Å²) >= 11 is 0. The minimum Gasteiger partial charge on any atom is -0.369 e. The number of aryl methyl sites for hydroxylation is 1. The summed E-state index contributed by atoms with van der Waals surface area (Å²) in [5.74, 6) is 0.750. The van der Waals surface area contributed by atoms with E-state index < -0.39 is 9.84 Å². The van der Waals surface area contributed by atoms with E-state index in [1.165, 1.54) is 22.9 Å². The quantitative estimate of drug-likeness (QED) is 0.442. The van der Waals surface area contributed by atoms with Crippen LogP contribution in [0.1, 0.15) is 18.4 Å². The van der Waals surface area contributed by atoms with Gasteiger partial charge in [-0.05, 0) is 61.7 Å². The Morgan fingerprint density at radius 2 is 1.70 bits per heavy atom. The number of aromatic nitrogens is 4. The van der Waals surface area contributed by atoms with Crippen LogP contribution >= 0.6 is 0 Å². The minimum absolute atomic E-state index is 0.173. The molecule has 0 saturated carbocycles. The molecule has 1 saturated heterocycles. The van der Waals surface area contributed by atoms with Gasteiger partial charge >= 0.3 is 0 Å². The van der Waals surface area contributed by atoms with Crippen LogP contribution in [0.4, 0.5) is 10.2 Å². The topological polar surface area (TPSA) is 98.9 Å². The summed E-state index contributed by atoms with van der Waals surface area (Å²) in [6.45, 7) is 3.10. The van der Waals surface area contributed by atoms with Crippen molar-refractivity contribution in [2.75, 3.05) is 23.4 Å². The van der Waals surface area contributed by atoms with E-state index in [4.69, 9.17) is 10.2 Å². The van der Waals surface area contributed by atoms with Crippen LogP contribution in [-0.4, -0.2) is 46.0 Å². The number of para-hydroxylation sites is 1. The molecule has 0 atom stereocenters. The van der Waals surface area contributed by atoms with Gasteiger partial charge in [-0.2, -0.15) is 14.9 Å². The summed E-state index contributed by atoms with van der Waals surface area (Å²) in [5, 5.41) is 13.2. The monoisotopic (exact) mass is 519 g/mol. The van der Waals surface area contributed by atoms with Crippen LogP contribution in [0.2, 0.25) is 0 Å². The van der Waals surface area contributed by atoms with Crippen LogP contribution in [0.15, 0.2) is 65.5 Å². The molecule has 0 unspecified atom stereocenters. The molecule has 1 N–H and O–H groups in total. The summed E-state index contributed by atoms with van der Waals surface area (Å²) in [6.07, 6.45) is 1.14. The molecular formula is C27H26FN5O3S. The van der Waals surface area contributed by atoms with E-state index in [1.54, 1.807) is 18.2 Å². The molecule has 0 amide bonds. The lowest BCUT2D eigenvalue weighted by Gasteiger charge is -2.40. The highest BCUT2D eigenvalue weighted by atomic mass is 32.2. The second-order valence-corrected chi connectivity index (χ2v) is 12.3. The highest BCUT2D eigenvalue weighted by Crippen LogP contribution is 2.44. The first kappa shape index (κ1) is 23.6. The standard InChI is InChI=1S/C27H26FN5O3S/c1-18-4-2-3-5-22(18)33-23(34)11-10-21(30-33)24-25(19-6-8-20(28)9-7-19)31-32-17-27(16-29-26(24)32)12-14-37(35,36)15-13-27/h2-11,29H,12-17H2,1H3. The van der Waals surface area contributed by atoms with E-state index in [0.29, 0.717) is 48.6 Å². The van der Waals surface area contributed by atoms with Gasteiger partial charge in [0.15, 0.2) is 0 Å². The van der Waals surface area contributed by atoms with Crippen LogP contribution in [0.5, 0.6) is 0 Å². The van der Waals surface area contributed by atoms with Gasteiger partial charge in [0.05, 0.1) is 35.0 Å². The summed E-state index contributed by atoms with van der Waals surface area (Å²) < 4.78 is 41.1. The predicted octanol–water partition coefficient (Wildman–Crippen LogP) is 3.83. The SMILES string of the molecule is Cc1ccccc1-n1nc(-c2c(-c3ccc(F)cc3)nn3c2NCC2(CCS(=O)(=O)CC2)C3)ccc1=O. The number of sulfone groups is 1. The lowest BCUT2D eigenvalue weighted by molar-refractivity contribution is 0.209. The molecule has 2 aromatic heterocycles. The zero-order valence-corrected chi connectivity index (χ0v) is 21.1. The van der Waals surface area contributed by atoms with Gasteiger partial charge in [-0.15, -0.1) is 0 Å². The Morgan fingerprint density at radius 3 is 2.43 bits per heavy atom. The maximum atomic E-state index is 13.7. The molecule has 2 aromatic carbocycles. The predicted molar refractivity (Wildman–Crippen MR) is 140 cm³/mol. The first-order valence-electron chi connectivity index (χ1n) is 12.2. The van der Waals surface area contributed by atoms with Crippen molar-refractivity contribution in [1.29, 1.82) is 0 Å². The lowest BCUT2D eigenvalue weighted by Crippen LogP contribution is -2.45. The van der Waals surface area contributed by atoms with Crippen molar-refractivity contribution < 1.29 is 12.8 Å². The molecule has 4 heterocycles. The molecule has 0 radical (unpaired) electrons. The third-order valence-corrected chi connectivity index (χ3v) is 9.13. The fraction of sp³-hybridized carbons (Fsp3) is 0.296. The number of halogens is 1. The molecule has 4 aromatic rings. The van der Waals surface area contributed by atoms with Gasteiger partial charge in [-0.1, -0.05) is 18.2 Å². The van der Waals surface area contributed by atoms with Crippen LogP contribution in [-0.2, 0) is 16.4 Å². The molecule has 37 heavy (non-hydrogen) atoms. The first-order chi connectivity index (χ1) is 17.7. The summed E-state index contributed by atoms with van der Waals surface area (Å²) in [5.41, 5.74) is 3.74. The molecule has 0 aliphatic carbocycles. The Bertz CT molecular complexity index is 1660. The van der Waals surface area contributed by atoms with Gasteiger partial charge in [-0.25, -0.2) is 17.5 Å². The number of fused-ring (bicyclic) bond motifs is 1. The molecule has 8 nitrogen and oxygen atoms in total. The van der Waals surface area contributed by atoms with Crippen molar-refractivity contribution in [1.82, 2.24) is 19.6 Å². The molecule has 190 valence electrons. The van der Waals surface area contributed by atoms with Crippen molar-refractivity contribution in [3.8, 4) is 28.2 Å². The van der Waals surface area contributed by atoms with Crippen molar-refractivity contribution in [2.24, 2.45) is 5.41 Å². The average Bonchev–Trinajstić information content (AvgIpc) is 3.26. The Hall–Kier alpha value is -3.79. The Labute approximate surface area is 213 Å². The Balaban J connectivity index is 1.50. The zero-order chi connectivity index (χ0) is 25.8. The van der Waals surface area contributed by atoms with Gasteiger partial charge in [0.2, 0.25) is 0 Å². The van der Waals surface area contributed by atoms with Crippen molar-refractivity contribution >= 4 is 15.7 Å². The van der Waals surface area contributed by atoms with E-state index in [0.717, 1.165) is 16.9 Å². The van der Waals surface area contributed by atoms with E-state index in [1.807, 2.05) is 35.9 Å². The summed E-state index contributed by atoms with van der Waals surface area (Å²) in [4.78, 5) is 12.8. The maximum Gasteiger partial charge on any atom is 0.271 e. The molecule has 6 rings (SSSR count). The van der Waals surface area contributed by atoms with E-state index in [2.05, 4.69) is 5.32 Å². The average molecular weight is 520 g/mol. The highest BCUT2D eigenvalue weighted by Gasteiger charge is 2.42. The zero-order valence-electron chi connectivity index (χ0n) is 20.3. The van der Waals surface area contributed by atoms with E-state index in [-0.39, 0.29) is 28.3 Å². The molecule has 0 bridgehead atoms. The fourth-order valence-corrected chi connectivity index (χ4v) is 6.97. The maximum absolute atomic E-state index is 13.7. The van der Waals surface area contributed by atoms with Gasteiger partial charge in [0.1, 0.15) is 27.2 Å². The highest BCUT2D eigenvalue weighted by molar-refractivity contribution is 7.91. The third kappa shape index (κ3) is 4.25. The van der Waals surface area contributed by atoms with E-state index >= 15 is 0 Å². The third-order valence-electron chi connectivity index (χ3n) is 7.47. The molecule has 1 spiro atoms. The lowest BCUT2D eigenvalue weighted by atomic mass is 9.80. The second kappa shape index (κ2) is 8.65. The number of hydrogen-bond donors (Lipinski definition) is 1. The molecule has 2 aliphatic rings. The van der Waals surface area contributed by atoms with Crippen LogP contribution < -0.4 is 10.9 Å².